The number of hydrogen-bond donors (Lipinski definition) is 1. The maximum Gasteiger partial charge on any atom is 0.394 e. The highest BCUT2D eigenvalue weighted by Crippen LogP contribution is 2.57. The Labute approximate surface area is 214 Å². The average Bonchev–Trinajstić information content (AvgIpc) is 3.17. The molecule has 8 nitrogen and oxygen atoms in total. The molecule has 0 radical (unpaired) electrons. The number of ether oxygens (including phenoxy) is 1. The van der Waals surface area contributed by atoms with Crippen molar-refractivity contribution in [1.29, 1.82) is 0 Å². The Bertz CT molecular complexity index is 1210. The molecule has 1 saturated heterocycles. The molecular weight excluding hydrogens is 484 g/mol. The Morgan fingerprint density at radius 1 is 1.28 bits per heavy atom. The Hall–Kier alpha value is -2.87. The van der Waals surface area contributed by atoms with E-state index < -0.39 is 23.5 Å². The van der Waals surface area contributed by atoms with Crippen molar-refractivity contribution in [2.24, 2.45) is 17.3 Å². The zero-order valence-corrected chi connectivity index (χ0v) is 21.1. The molecule has 3 heterocycles. The first-order chi connectivity index (χ1) is 17.3. The maximum atomic E-state index is 13.5. The molecule has 5 atom stereocenters. The number of aromatic nitrogens is 1. The van der Waals surface area contributed by atoms with Crippen molar-refractivity contribution in [2.75, 3.05) is 6.54 Å². The molecule has 0 bridgehead atoms. The van der Waals surface area contributed by atoms with Crippen molar-refractivity contribution in [1.82, 2.24) is 9.88 Å². The molecule has 0 spiro atoms. The smallest absolute Gasteiger partial charge is 0.394 e. The van der Waals surface area contributed by atoms with Gasteiger partial charge in [-0.2, -0.15) is 4.98 Å². The van der Waals surface area contributed by atoms with Crippen LogP contribution in [0, 0.1) is 17.3 Å². The number of carboxylic acids is 1. The predicted molar refractivity (Wildman–Crippen MR) is 133 cm³/mol. The van der Waals surface area contributed by atoms with Crippen LogP contribution < -0.4 is 4.74 Å². The lowest BCUT2D eigenvalue weighted by molar-refractivity contribution is -0.147. The van der Waals surface area contributed by atoms with E-state index in [0.717, 1.165) is 32.1 Å². The summed E-state index contributed by atoms with van der Waals surface area (Å²) in [6.07, 6.45) is 8.79. The van der Waals surface area contributed by atoms with Crippen LogP contribution in [0.15, 0.2) is 34.8 Å². The topological polar surface area (TPSA) is 110 Å². The van der Waals surface area contributed by atoms with Gasteiger partial charge >= 0.3 is 12.0 Å². The number of fused-ring (bicyclic) bond motifs is 3. The Balaban J connectivity index is 1.38. The van der Waals surface area contributed by atoms with Gasteiger partial charge in [0.15, 0.2) is 11.4 Å². The highest BCUT2D eigenvalue weighted by molar-refractivity contribution is 6.31. The normalized spacial score (nSPS) is 32.3. The summed E-state index contributed by atoms with van der Waals surface area (Å²) in [4.78, 5) is 45.0. The minimum absolute atomic E-state index is 0.0577. The van der Waals surface area contributed by atoms with Gasteiger partial charge in [-0.05, 0) is 49.8 Å². The van der Waals surface area contributed by atoms with Gasteiger partial charge < -0.3 is 19.2 Å². The van der Waals surface area contributed by atoms with Crippen molar-refractivity contribution < 1.29 is 28.6 Å². The largest absolute Gasteiger partial charge is 0.481 e. The summed E-state index contributed by atoms with van der Waals surface area (Å²) in [6, 6.07) is 4.35. The molecule has 36 heavy (non-hydrogen) atoms. The van der Waals surface area contributed by atoms with Gasteiger partial charge in [-0.25, -0.2) is 0 Å². The minimum Gasteiger partial charge on any atom is -0.481 e. The minimum atomic E-state index is -1.08. The number of aliphatic carboxylic acids is 1. The quantitative estimate of drug-likeness (QED) is 0.571. The first-order valence-corrected chi connectivity index (χ1v) is 13.1. The summed E-state index contributed by atoms with van der Waals surface area (Å²) >= 11 is 6.04. The average molecular weight is 515 g/mol. The lowest BCUT2D eigenvalue weighted by Gasteiger charge is -2.27. The number of allylic oxidation sites excluding steroid dienone is 2. The van der Waals surface area contributed by atoms with Crippen LogP contribution in [0.2, 0.25) is 5.02 Å². The number of halogens is 1. The third kappa shape index (κ3) is 4.88. The summed E-state index contributed by atoms with van der Waals surface area (Å²) in [5.41, 5.74) is 0.00803. The SMILES string of the molecule is C[C@H]1CCCCC/C=C\[C@H]2C[C@@]2(C(=O)O)CC(=O)[C@@H]2C[C@@H](Oc3nc4cc(Cl)ccc4o3)CN2C1=O. The third-order valence-electron chi connectivity index (χ3n) is 7.86. The number of carbonyl (C=O) groups excluding carboxylic acids is 2. The molecular formula is C27H31ClN2O6. The fraction of sp³-hybridized carbons (Fsp3) is 0.556. The van der Waals surface area contributed by atoms with Gasteiger partial charge in [-0.15, -0.1) is 0 Å². The molecule has 1 aromatic carbocycles. The number of nitrogens with zero attached hydrogens (tertiary/aromatic N) is 2. The van der Waals surface area contributed by atoms with E-state index in [1.54, 1.807) is 23.1 Å². The summed E-state index contributed by atoms with van der Waals surface area (Å²) < 4.78 is 11.7. The number of carbonyl (C=O) groups is 3. The van der Waals surface area contributed by atoms with Crippen LogP contribution in [0.4, 0.5) is 0 Å². The van der Waals surface area contributed by atoms with Crippen molar-refractivity contribution in [2.45, 2.75) is 70.4 Å². The molecule has 1 aliphatic carbocycles. The standard InChI is InChI=1S/C27H31ClN2O6/c1-16-7-5-3-2-4-6-8-17-13-27(17,25(33)34)14-22(31)21-12-19(15-30(21)24(16)32)35-26-29-20-11-18(28)9-10-23(20)36-26/h6,8-11,16-17,19,21H,2-5,7,12-15H2,1H3,(H,33,34)/b8-6-/t16-,17-,19+,21-,27+/m0/s1. The van der Waals surface area contributed by atoms with Gasteiger partial charge in [0.05, 0.1) is 18.0 Å². The highest BCUT2D eigenvalue weighted by atomic mass is 35.5. The number of amides is 1. The van der Waals surface area contributed by atoms with E-state index in [2.05, 4.69) is 4.98 Å². The number of rotatable bonds is 3. The monoisotopic (exact) mass is 514 g/mol. The fourth-order valence-corrected chi connectivity index (χ4v) is 5.77. The number of benzene rings is 1. The van der Waals surface area contributed by atoms with Gasteiger partial charge in [-0.3, -0.25) is 14.4 Å². The molecule has 5 rings (SSSR count). The molecule has 0 unspecified atom stereocenters. The van der Waals surface area contributed by atoms with Crippen LogP contribution in [-0.2, 0) is 14.4 Å². The molecule has 3 aliphatic rings. The van der Waals surface area contributed by atoms with E-state index in [1.807, 2.05) is 19.1 Å². The molecule has 192 valence electrons. The number of oxazole rings is 1. The van der Waals surface area contributed by atoms with Crippen molar-refractivity contribution in [3.63, 3.8) is 0 Å². The third-order valence-corrected chi connectivity index (χ3v) is 8.10. The molecule has 2 fully saturated rings. The van der Waals surface area contributed by atoms with E-state index >= 15 is 0 Å². The van der Waals surface area contributed by atoms with Gasteiger partial charge in [0, 0.05) is 23.8 Å². The van der Waals surface area contributed by atoms with Crippen LogP contribution in [-0.4, -0.2) is 51.3 Å². The van der Waals surface area contributed by atoms with E-state index in [4.69, 9.17) is 20.8 Å². The molecule has 2 aliphatic heterocycles. The van der Waals surface area contributed by atoms with E-state index in [-0.39, 0.29) is 49.0 Å². The zero-order chi connectivity index (χ0) is 25.4. The summed E-state index contributed by atoms with van der Waals surface area (Å²) in [5.74, 6) is -1.63. The Morgan fingerprint density at radius 2 is 2.11 bits per heavy atom. The molecule has 1 N–H and O–H groups in total. The molecule has 1 aromatic heterocycles. The van der Waals surface area contributed by atoms with E-state index in [1.165, 1.54) is 0 Å². The van der Waals surface area contributed by atoms with E-state index in [9.17, 15) is 19.5 Å². The van der Waals surface area contributed by atoms with Crippen molar-refractivity contribution in [3.8, 4) is 6.08 Å². The lowest BCUT2D eigenvalue weighted by Crippen LogP contribution is -2.44. The lowest BCUT2D eigenvalue weighted by atomic mass is 9.91. The van der Waals surface area contributed by atoms with Crippen LogP contribution in [0.1, 0.15) is 58.3 Å². The molecule has 1 saturated carbocycles. The second-order valence-corrected chi connectivity index (χ2v) is 10.9. The first-order valence-electron chi connectivity index (χ1n) is 12.7. The maximum absolute atomic E-state index is 13.5. The Kier molecular flexibility index (Phi) is 6.81. The summed E-state index contributed by atoms with van der Waals surface area (Å²) in [5, 5.41) is 10.5. The second-order valence-electron chi connectivity index (χ2n) is 10.5. The molecule has 2 aromatic rings. The van der Waals surface area contributed by atoms with Gasteiger partial charge in [0.2, 0.25) is 5.91 Å². The highest BCUT2D eigenvalue weighted by Gasteiger charge is 2.61. The second kappa shape index (κ2) is 9.88. The van der Waals surface area contributed by atoms with Crippen LogP contribution in [0.25, 0.3) is 11.1 Å². The van der Waals surface area contributed by atoms with Gasteiger partial charge in [0.1, 0.15) is 11.6 Å². The number of hydrogen-bond acceptors (Lipinski definition) is 6. The first kappa shape index (κ1) is 24.8. The van der Waals surface area contributed by atoms with Gasteiger partial charge in [-0.1, -0.05) is 43.5 Å². The number of ketones is 1. The zero-order valence-electron chi connectivity index (χ0n) is 20.3. The van der Waals surface area contributed by atoms with Crippen molar-refractivity contribution in [3.05, 3.63) is 35.4 Å². The number of Topliss-reactive ketones (excluding diaryl/α,β-unsaturated/α-hetero) is 1. The van der Waals surface area contributed by atoms with Crippen LogP contribution in [0.3, 0.4) is 0 Å². The van der Waals surface area contributed by atoms with Gasteiger partial charge in [0.25, 0.3) is 0 Å². The molecule has 1 amide bonds. The fourth-order valence-electron chi connectivity index (χ4n) is 5.60. The summed E-state index contributed by atoms with van der Waals surface area (Å²) in [6.45, 7) is 2.12. The van der Waals surface area contributed by atoms with E-state index in [0.29, 0.717) is 22.5 Å². The summed E-state index contributed by atoms with van der Waals surface area (Å²) in [7, 11) is 0. The van der Waals surface area contributed by atoms with Crippen molar-refractivity contribution >= 4 is 40.4 Å². The Morgan fingerprint density at radius 3 is 2.92 bits per heavy atom. The number of carboxylic acid groups (broad SMARTS) is 1. The van der Waals surface area contributed by atoms with Crippen LogP contribution >= 0.6 is 11.6 Å². The molecule has 9 heteroatoms. The van der Waals surface area contributed by atoms with Crippen LogP contribution in [0.5, 0.6) is 6.08 Å². The predicted octanol–water partition coefficient (Wildman–Crippen LogP) is 5.04.